The summed E-state index contributed by atoms with van der Waals surface area (Å²) in [7, 11) is 0. The third-order valence-corrected chi connectivity index (χ3v) is 4.16. The lowest BCUT2D eigenvalue weighted by molar-refractivity contribution is -0.169. The molecule has 1 aliphatic heterocycles. The Kier molecular flexibility index (Phi) is 3.29. The molecule has 2 unspecified atom stereocenters. The van der Waals surface area contributed by atoms with E-state index in [1.54, 1.807) is 6.20 Å². The second-order valence-electron chi connectivity index (χ2n) is 3.68. The summed E-state index contributed by atoms with van der Waals surface area (Å²) in [4.78, 5) is 14.8. The maximum atomic E-state index is 10.7. The van der Waals surface area contributed by atoms with Crippen molar-refractivity contribution in [1.82, 2.24) is 4.98 Å². The number of hydrogen-bond donors (Lipinski definition) is 2. The molecule has 2 atom stereocenters. The number of halogens is 1. The lowest BCUT2D eigenvalue weighted by Crippen LogP contribution is -2.42. The Balaban J connectivity index is 2.09. The largest absolute Gasteiger partial charge is 0.479 e. The van der Waals surface area contributed by atoms with Crippen LogP contribution in [0.1, 0.15) is 17.8 Å². The number of nitrogens with zero attached hydrogens (tertiary/aromatic N) is 1. The number of aliphatic carboxylic acids is 1. The first-order valence-electron chi connectivity index (χ1n) is 4.70. The van der Waals surface area contributed by atoms with Gasteiger partial charge in [0.15, 0.2) is 6.10 Å². The van der Waals surface area contributed by atoms with Crippen molar-refractivity contribution in [1.29, 1.82) is 0 Å². The van der Waals surface area contributed by atoms with Crippen molar-refractivity contribution in [3.8, 4) is 0 Å². The standard InChI is InChI=1S/C9H10BrNO4S/c10-6-3-11-8(16-6)9(14)2-1-5(7(12)13)15-4-9/h3,5,14H,1-2,4H2,(H,12,13). The Hall–Kier alpha value is -0.500. The first-order chi connectivity index (χ1) is 7.51. The third kappa shape index (κ3) is 2.27. The number of thiazole rings is 1. The van der Waals surface area contributed by atoms with Gasteiger partial charge in [0.25, 0.3) is 0 Å². The van der Waals surface area contributed by atoms with Gasteiger partial charge in [0.05, 0.1) is 16.6 Å². The minimum absolute atomic E-state index is 0.0239. The van der Waals surface area contributed by atoms with Crippen LogP contribution in [0.5, 0.6) is 0 Å². The fourth-order valence-electron chi connectivity index (χ4n) is 1.60. The summed E-state index contributed by atoms with van der Waals surface area (Å²) in [6, 6.07) is 0. The van der Waals surface area contributed by atoms with Crippen LogP contribution in [0.15, 0.2) is 9.98 Å². The molecule has 0 saturated carbocycles. The van der Waals surface area contributed by atoms with E-state index >= 15 is 0 Å². The molecule has 5 nitrogen and oxygen atoms in total. The molecule has 16 heavy (non-hydrogen) atoms. The molecule has 2 rings (SSSR count). The highest BCUT2D eigenvalue weighted by molar-refractivity contribution is 9.11. The third-order valence-electron chi connectivity index (χ3n) is 2.49. The molecule has 0 bridgehead atoms. The van der Waals surface area contributed by atoms with Gasteiger partial charge in [-0.3, -0.25) is 0 Å². The highest BCUT2D eigenvalue weighted by Crippen LogP contribution is 2.36. The average molecular weight is 308 g/mol. The van der Waals surface area contributed by atoms with E-state index in [1.165, 1.54) is 11.3 Å². The van der Waals surface area contributed by atoms with Gasteiger partial charge in [-0.2, -0.15) is 0 Å². The van der Waals surface area contributed by atoms with E-state index in [4.69, 9.17) is 9.84 Å². The van der Waals surface area contributed by atoms with Crippen LogP contribution in [0, 0.1) is 0 Å². The molecule has 7 heteroatoms. The Morgan fingerprint density at radius 1 is 1.75 bits per heavy atom. The zero-order valence-electron chi connectivity index (χ0n) is 8.22. The maximum absolute atomic E-state index is 10.7. The van der Waals surface area contributed by atoms with Crippen LogP contribution < -0.4 is 0 Å². The van der Waals surface area contributed by atoms with Crippen molar-refractivity contribution >= 4 is 33.2 Å². The second-order valence-corrected chi connectivity index (χ2v) is 6.09. The Morgan fingerprint density at radius 2 is 2.50 bits per heavy atom. The van der Waals surface area contributed by atoms with Gasteiger partial charge in [0.2, 0.25) is 0 Å². The van der Waals surface area contributed by atoms with Gasteiger partial charge in [-0.25, -0.2) is 9.78 Å². The van der Waals surface area contributed by atoms with Gasteiger partial charge in [-0.15, -0.1) is 11.3 Å². The number of carboxylic acid groups (broad SMARTS) is 1. The average Bonchev–Trinajstić information content (AvgIpc) is 2.66. The summed E-state index contributed by atoms with van der Waals surface area (Å²) in [5, 5.41) is 19.6. The topological polar surface area (TPSA) is 79.7 Å². The zero-order valence-corrected chi connectivity index (χ0v) is 10.6. The van der Waals surface area contributed by atoms with E-state index in [-0.39, 0.29) is 6.61 Å². The molecule has 0 spiro atoms. The summed E-state index contributed by atoms with van der Waals surface area (Å²) in [6.07, 6.45) is 1.44. The van der Waals surface area contributed by atoms with Crippen LogP contribution in [0.25, 0.3) is 0 Å². The normalized spacial score (nSPS) is 30.2. The number of carboxylic acids is 1. The van der Waals surface area contributed by atoms with Gasteiger partial charge in [-0.1, -0.05) is 0 Å². The highest BCUT2D eigenvalue weighted by Gasteiger charge is 2.40. The van der Waals surface area contributed by atoms with Crippen LogP contribution in [0.2, 0.25) is 0 Å². The van der Waals surface area contributed by atoms with Crippen LogP contribution in [0.3, 0.4) is 0 Å². The number of carbonyl (C=O) groups is 1. The number of aliphatic hydroxyl groups is 1. The molecule has 1 fully saturated rings. The molecule has 1 aliphatic rings. The summed E-state index contributed by atoms with van der Waals surface area (Å²) in [6.45, 7) is -0.0239. The van der Waals surface area contributed by atoms with Crippen molar-refractivity contribution in [2.75, 3.05) is 6.61 Å². The second kappa shape index (κ2) is 4.40. The highest BCUT2D eigenvalue weighted by atomic mass is 79.9. The molecule has 1 aromatic heterocycles. The predicted octanol–water partition coefficient (Wildman–Crippen LogP) is 1.36. The van der Waals surface area contributed by atoms with Crippen molar-refractivity contribution in [2.45, 2.75) is 24.5 Å². The molecule has 2 heterocycles. The van der Waals surface area contributed by atoms with Crippen LogP contribution >= 0.6 is 27.3 Å². The molecule has 0 aromatic carbocycles. The summed E-state index contributed by atoms with van der Waals surface area (Å²) in [5.41, 5.74) is -1.15. The minimum atomic E-state index is -1.15. The van der Waals surface area contributed by atoms with Crippen LogP contribution in [-0.4, -0.2) is 33.9 Å². The number of rotatable bonds is 2. The van der Waals surface area contributed by atoms with Crippen LogP contribution in [0.4, 0.5) is 0 Å². The van der Waals surface area contributed by atoms with Gasteiger partial charge in [0.1, 0.15) is 10.6 Å². The summed E-state index contributed by atoms with van der Waals surface area (Å²) >= 11 is 4.60. The predicted molar refractivity (Wildman–Crippen MR) is 60.3 cm³/mol. The number of ether oxygens (including phenoxy) is 1. The lowest BCUT2D eigenvalue weighted by Gasteiger charge is -2.32. The number of hydrogen-bond acceptors (Lipinski definition) is 5. The molecule has 0 aliphatic carbocycles. The van der Waals surface area contributed by atoms with E-state index in [9.17, 15) is 9.90 Å². The molecule has 2 N–H and O–H groups in total. The minimum Gasteiger partial charge on any atom is -0.479 e. The van der Waals surface area contributed by atoms with Crippen molar-refractivity contribution in [2.24, 2.45) is 0 Å². The molecular weight excluding hydrogens is 298 g/mol. The fourth-order valence-corrected chi connectivity index (χ4v) is 2.91. The van der Waals surface area contributed by atoms with Crippen molar-refractivity contribution in [3.05, 3.63) is 15.0 Å². The Bertz CT molecular complexity index is 400. The summed E-state index contributed by atoms with van der Waals surface area (Å²) in [5.74, 6) is -0.984. The maximum Gasteiger partial charge on any atom is 0.332 e. The molecule has 0 radical (unpaired) electrons. The summed E-state index contributed by atoms with van der Waals surface area (Å²) < 4.78 is 5.95. The van der Waals surface area contributed by atoms with Crippen molar-refractivity contribution < 1.29 is 19.7 Å². The molecule has 0 amide bonds. The first-order valence-corrected chi connectivity index (χ1v) is 6.31. The van der Waals surface area contributed by atoms with E-state index in [1.807, 2.05) is 0 Å². The van der Waals surface area contributed by atoms with E-state index in [0.29, 0.717) is 17.8 Å². The molecule has 1 aromatic rings. The van der Waals surface area contributed by atoms with Gasteiger partial charge in [0, 0.05) is 0 Å². The van der Waals surface area contributed by atoms with E-state index < -0.39 is 17.7 Å². The smallest absolute Gasteiger partial charge is 0.332 e. The van der Waals surface area contributed by atoms with Gasteiger partial charge >= 0.3 is 5.97 Å². The van der Waals surface area contributed by atoms with Gasteiger partial charge in [-0.05, 0) is 28.8 Å². The van der Waals surface area contributed by atoms with Crippen molar-refractivity contribution in [3.63, 3.8) is 0 Å². The lowest BCUT2D eigenvalue weighted by atomic mass is 9.94. The molecule has 1 saturated heterocycles. The zero-order chi connectivity index (χ0) is 11.8. The monoisotopic (exact) mass is 307 g/mol. The van der Waals surface area contributed by atoms with E-state index in [0.717, 1.165) is 3.79 Å². The quantitative estimate of drug-likeness (QED) is 0.862. The SMILES string of the molecule is O=C(O)C1CCC(O)(c2ncc(Br)s2)CO1. The number of aromatic nitrogens is 1. The fraction of sp³-hybridized carbons (Fsp3) is 0.556. The Labute approximate surface area is 104 Å². The van der Waals surface area contributed by atoms with E-state index in [2.05, 4.69) is 20.9 Å². The van der Waals surface area contributed by atoms with Crippen LogP contribution in [-0.2, 0) is 15.1 Å². The molecular formula is C9H10BrNO4S. The van der Waals surface area contributed by atoms with Gasteiger partial charge < -0.3 is 14.9 Å². The molecule has 88 valence electrons. The first kappa shape index (κ1) is 12.0. The Morgan fingerprint density at radius 3 is 2.94 bits per heavy atom.